The van der Waals surface area contributed by atoms with Gasteiger partial charge in [0.1, 0.15) is 0 Å². The molecular weight excluding hydrogens is 260 g/mol. The molecule has 2 N–H and O–H groups in total. The minimum atomic E-state index is -0.374. The molecule has 0 amide bonds. The average Bonchev–Trinajstić information content (AvgIpc) is 2.69. The summed E-state index contributed by atoms with van der Waals surface area (Å²) in [6.45, 7) is 0.0830. The summed E-state index contributed by atoms with van der Waals surface area (Å²) in [5.74, 6) is 0.272. The average molecular weight is 282 g/mol. The van der Waals surface area contributed by atoms with Gasteiger partial charge in [0.25, 0.3) is 0 Å². The number of fused-ring (bicyclic) bond motifs is 1. The zero-order valence-corrected chi connectivity index (χ0v) is 12.2. The lowest BCUT2D eigenvalue weighted by atomic mass is 9.88. The van der Waals surface area contributed by atoms with Crippen LogP contribution < -0.4 is 0 Å². The summed E-state index contributed by atoms with van der Waals surface area (Å²) >= 11 is 0. The van der Waals surface area contributed by atoms with Gasteiger partial charge in [-0.1, -0.05) is 48.5 Å². The molecule has 2 unspecified atom stereocenters. The van der Waals surface area contributed by atoms with Gasteiger partial charge < -0.3 is 10.2 Å². The molecule has 21 heavy (non-hydrogen) atoms. The first-order chi connectivity index (χ1) is 10.3. The Balaban J connectivity index is 1.78. The van der Waals surface area contributed by atoms with Crippen LogP contribution in [0.2, 0.25) is 0 Å². The SMILES string of the molecule is OCc1ccc(CC2CCCc3ccccc3C2O)cc1. The Morgan fingerprint density at radius 2 is 1.67 bits per heavy atom. The van der Waals surface area contributed by atoms with Gasteiger partial charge in [0, 0.05) is 0 Å². The maximum absolute atomic E-state index is 10.7. The lowest BCUT2D eigenvalue weighted by Crippen LogP contribution is -2.14. The lowest BCUT2D eigenvalue weighted by Gasteiger charge is -2.22. The van der Waals surface area contributed by atoms with Gasteiger partial charge in [0.05, 0.1) is 12.7 Å². The molecule has 0 aromatic heterocycles. The van der Waals surface area contributed by atoms with Gasteiger partial charge in [-0.25, -0.2) is 0 Å². The van der Waals surface area contributed by atoms with Crippen molar-refractivity contribution in [3.05, 3.63) is 70.8 Å². The van der Waals surface area contributed by atoms with Crippen molar-refractivity contribution in [2.24, 2.45) is 5.92 Å². The van der Waals surface area contributed by atoms with Crippen LogP contribution in [0.1, 0.15) is 41.2 Å². The molecule has 0 bridgehead atoms. The number of benzene rings is 2. The van der Waals surface area contributed by atoms with E-state index in [4.69, 9.17) is 5.11 Å². The number of hydrogen-bond acceptors (Lipinski definition) is 2. The fraction of sp³-hybridized carbons (Fsp3) is 0.368. The van der Waals surface area contributed by atoms with Crippen LogP contribution in [-0.2, 0) is 19.4 Å². The summed E-state index contributed by atoms with van der Waals surface area (Å²) in [7, 11) is 0. The first-order valence-corrected chi connectivity index (χ1v) is 7.72. The summed E-state index contributed by atoms with van der Waals surface area (Å²) in [6.07, 6.45) is 3.76. The van der Waals surface area contributed by atoms with E-state index < -0.39 is 0 Å². The third-order valence-corrected chi connectivity index (χ3v) is 4.54. The van der Waals surface area contributed by atoms with Crippen molar-refractivity contribution in [3.8, 4) is 0 Å². The molecule has 2 nitrogen and oxygen atoms in total. The Morgan fingerprint density at radius 3 is 2.43 bits per heavy atom. The van der Waals surface area contributed by atoms with Gasteiger partial charge in [-0.05, 0) is 53.9 Å². The van der Waals surface area contributed by atoms with Gasteiger partial charge in [-0.2, -0.15) is 0 Å². The van der Waals surface area contributed by atoms with E-state index in [1.165, 1.54) is 11.1 Å². The van der Waals surface area contributed by atoms with Crippen LogP contribution in [0.3, 0.4) is 0 Å². The van der Waals surface area contributed by atoms with E-state index in [9.17, 15) is 5.11 Å². The quantitative estimate of drug-likeness (QED) is 0.847. The van der Waals surface area contributed by atoms with E-state index in [1.807, 2.05) is 18.2 Å². The molecule has 2 aromatic carbocycles. The highest BCUT2D eigenvalue weighted by Crippen LogP contribution is 2.35. The maximum atomic E-state index is 10.7. The smallest absolute Gasteiger partial charge is 0.0824 e. The van der Waals surface area contributed by atoms with Crippen molar-refractivity contribution in [2.45, 2.75) is 38.4 Å². The van der Waals surface area contributed by atoms with Crippen LogP contribution in [0.5, 0.6) is 0 Å². The summed E-state index contributed by atoms with van der Waals surface area (Å²) in [5.41, 5.74) is 4.57. The molecule has 0 spiro atoms. The number of aliphatic hydroxyl groups is 2. The fourth-order valence-corrected chi connectivity index (χ4v) is 3.31. The molecule has 3 rings (SSSR count). The van der Waals surface area contributed by atoms with Crippen LogP contribution in [0, 0.1) is 5.92 Å². The normalized spacial score (nSPS) is 21.6. The summed E-state index contributed by atoms with van der Waals surface area (Å²) in [4.78, 5) is 0. The first-order valence-electron chi connectivity index (χ1n) is 7.72. The molecule has 0 saturated heterocycles. The van der Waals surface area contributed by atoms with Crippen LogP contribution in [0.15, 0.2) is 48.5 Å². The molecule has 2 atom stereocenters. The largest absolute Gasteiger partial charge is 0.392 e. The predicted molar refractivity (Wildman–Crippen MR) is 83.9 cm³/mol. The van der Waals surface area contributed by atoms with Crippen molar-refractivity contribution in [3.63, 3.8) is 0 Å². The van der Waals surface area contributed by atoms with E-state index >= 15 is 0 Å². The molecule has 110 valence electrons. The number of aryl methyl sites for hydroxylation is 1. The first kappa shape index (κ1) is 14.3. The van der Waals surface area contributed by atoms with Crippen LogP contribution in [0.4, 0.5) is 0 Å². The Bertz CT molecular complexity index is 589. The minimum Gasteiger partial charge on any atom is -0.392 e. The highest BCUT2D eigenvalue weighted by atomic mass is 16.3. The van der Waals surface area contributed by atoms with Crippen molar-refractivity contribution in [1.82, 2.24) is 0 Å². The molecule has 0 saturated carbocycles. The van der Waals surface area contributed by atoms with E-state index in [1.54, 1.807) is 0 Å². The highest BCUT2D eigenvalue weighted by molar-refractivity contribution is 5.31. The van der Waals surface area contributed by atoms with E-state index in [2.05, 4.69) is 30.3 Å². The van der Waals surface area contributed by atoms with Crippen molar-refractivity contribution in [1.29, 1.82) is 0 Å². The monoisotopic (exact) mass is 282 g/mol. The molecular formula is C19H22O2. The molecule has 0 heterocycles. The summed E-state index contributed by atoms with van der Waals surface area (Å²) in [5, 5.41) is 19.8. The van der Waals surface area contributed by atoms with Gasteiger partial charge in [0.15, 0.2) is 0 Å². The molecule has 1 aliphatic rings. The zero-order valence-electron chi connectivity index (χ0n) is 12.2. The van der Waals surface area contributed by atoms with Crippen molar-refractivity contribution < 1.29 is 10.2 Å². The number of hydrogen-bond donors (Lipinski definition) is 2. The van der Waals surface area contributed by atoms with Crippen molar-refractivity contribution in [2.75, 3.05) is 0 Å². The van der Waals surface area contributed by atoms with E-state index in [-0.39, 0.29) is 18.6 Å². The summed E-state index contributed by atoms with van der Waals surface area (Å²) < 4.78 is 0. The third-order valence-electron chi connectivity index (χ3n) is 4.54. The van der Waals surface area contributed by atoms with E-state index in [0.29, 0.717) is 0 Å². The van der Waals surface area contributed by atoms with Gasteiger partial charge in [0.2, 0.25) is 0 Å². The fourth-order valence-electron chi connectivity index (χ4n) is 3.31. The second-order valence-electron chi connectivity index (χ2n) is 5.97. The Hall–Kier alpha value is -1.64. The molecule has 0 radical (unpaired) electrons. The lowest BCUT2D eigenvalue weighted by molar-refractivity contribution is 0.105. The number of rotatable bonds is 3. The molecule has 0 fully saturated rings. The Labute approximate surface area is 126 Å². The Morgan fingerprint density at radius 1 is 0.952 bits per heavy atom. The number of aliphatic hydroxyl groups excluding tert-OH is 2. The molecule has 2 aromatic rings. The van der Waals surface area contributed by atoms with Crippen LogP contribution >= 0.6 is 0 Å². The van der Waals surface area contributed by atoms with E-state index in [0.717, 1.165) is 36.8 Å². The molecule has 2 heteroatoms. The van der Waals surface area contributed by atoms with Gasteiger partial charge in [-0.3, -0.25) is 0 Å². The zero-order chi connectivity index (χ0) is 14.7. The summed E-state index contributed by atoms with van der Waals surface area (Å²) in [6, 6.07) is 16.3. The van der Waals surface area contributed by atoms with Crippen LogP contribution in [-0.4, -0.2) is 10.2 Å². The predicted octanol–water partition coefficient (Wildman–Crippen LogP) is 3.41. The molecule has 1 aliphatic carbocycles. The highest BCUT2D eigenvalue weighted by Gasteiger charge is 2.25. The maximum Gasteiger partial charge on any atom is 0.0824 e. The van der Waals surface area contributed by atoms with Crippen LogP contribution in [0.25, 0.3) is 0 Å². The Kier molecular flexibility index (Phi) is 4.37. The minimum absolute atomic E-state index is 0.0830. The van der Waals surface area contributed by atoms with Gasteiger partial charge >= 0.3 is 0 Å². The second kappa shape index (κ2) is 6.42. The van der Waals surface area contributed by atoms with Crippen molar-refractivity contribution >= 4 is 0 Å². The topological polar surface area (TPSA) is 40.5 Å². The second-order valence-corrected chi connectivity index (χ2v) is 5.97. The third kappa shape index (κ3) is 3.17. The van der Waals surface area contributed by atoms with Gasteiger partial charge in [-0.15, -0.1) is 0 Å². The molecule has 0 aliphatic heterocycles. The standard InChI is InChI=1S/C19H22O2/c20-13-15-10-8-14(9-11-15)12-17-6-3-5-16-4-1-2-7-18(16)19(17)21/h1-2,4,7-11,17,19-21H,3,5-6,12-13H2.